The maximum atomic E-state index is 11.8. The van der Waals surface area contributed by atoms with Gasteiger partial charge < -0.3 is 10.4 Å². The Morgan fingerprint density at radius 2 is 1.21 bits per heavy atom. The number of carbonyl (C=O) groups excluding carboxylic acids is 1. The minimum absolute atomic E-state index is 0.0955. The van der Waals surface area contributed by atoms with Crippen LogP contribution in [0.1, 0.15) is 124 Å². The van der Waals surface area contributed by atoms with Gasteiger partial charge in [-0.2, -0.15) is 0 Å². The fourth-order valence-corrected chi connectivity index (χ4v) is 3.47. The van der Waals surface area contributed by atoms with Crippen LogP contribution >= 0.6 is 0 Å². The molecule has 0 saturated heterocycles. The minimum atomic E-state index is -0.953. The quantitative estimate of drug-likeness (QED) is 0.167. The van der Waals surface area contributed by atoms with E-state index in [1.807, 2.05) is 13.8 Å². The molecule has 4 heteroatoms. The average molecular weight is 410 g/mol. The van der Waals surface area contributed by atoms with Crippen molar-refractivity contribution in [2.24, 2.45) is 5.92 Å². The molecule has 29 heavy (non-hydrogen) atoms. The second-order valence-corrected chi connectivity index (χ2v) is 8.67. The molecule has 0 spiro atoms. The average Bonchev–Trinajstić information content (AvgIpc) is 2.68. The maximum Gasteiger partial charge on any atom is 0.326 e. The first-order valence-electron chi connectivity index (χ1n) is 12.2. The third kappa shape index (κ3) is 18.4. The Bertz CT molecular complexity index is 432. The highest BCUT2D eigenvalue weighted by Gasteiger charge is 2.22. The molecule has 0 fully saturated rings. The fourth-order valence-electron chi connectivity index (χ4n) is 3.47. The van der Waals surface area contributed by atoms with E-state index in [1.54, 1.807) is 0 Å². The largest absolute Gasteiger partial charge is 0.480 e. The van der Waals surface area contributed by atoms with Crippen molar-refractivity contribution in [3.05, 3.63) is 12.2 Å². The smallest absolute Gasteiger partial charge is 0.326 e. The van der Waals surface area contributed by atoms with Gasteiger partial charge >= 0.3 is 5.97 Å². The van der Waals surface area contributed by atoms with Gasteiger partial charge in [-0.15, -0.1) is 0 Å². The first-order valence-corrected chi connectivity index (χ1v) is 12.2. The summed E-state index contributed by atoms with van der Waals surface area (Å²) in [5, 5.41) is 11.7. The second-order valence-electron chi connectivity index (χ2n) is 8.67. The highest BCUT2D eigenvalue weighted by molar-refractivity contribution is 5.83. The van der Waals surface area contributed by atoms with Crippen LogP contribution in [0.25, 0.3) is 0 Å². The van der Waals surface area contributed by atoms with E-state index in [1.165, 1.54) is 77.0 Å². The summed E-state index contributed by atoms with van der Waals surface area (Å²) in [6.45, 7) is 5.88. The number of rotatable bonds is 20. The normalized spacial score (nSPS) is 12.6. The van der Waals surface area contributed by atoms with Gasteiger partial charge in [0.25, 0.3) is 0 Å². The Balaban J connectivity index is 3.40. The van der Waals surface area contributed by atoms with Crippen molar-refractivity contribution in [1.29, 1.82) is 0 Å². The molecule has 170 valence electrons. The van der Waals surface area contributed by atoms with Gasteiger partial charge in [-0.1, -0.05) is 97.1 Å². The van der Waals surface area contributed by atoms with Crippen LogP contribution < -0.4 is 5.32 Å². The number of hydrogen-bond acceptors (Lipinski definition) is 2. The molecule has 0 bridgehead atoms. The van der Waals surface area contributed by atoms with E-state index in [9.17, 15) is 9.59 Å². The van der Waals surface area contributed by atoms with E-state index in [-0.39, 0.29) is 11.8 Å². The Kier molecular flexibility index (Phi) is 19.1. The summed E-state index contributed by atoms with van der Waals surface area (Å²) in [5.41, 5.74) is 0. The summed E-state index contributed by atoms with van der Waals surface area (Å²) >= 11 is 0. The molecule has 0 heterocycles. The molecule has 0 aliphatic rings. The number of carbonyl (C=O) groups is 2. The first-order chi connectivity index (χ1) is 14.0. The zero-order chi connectivity index (χ0) is 21.7. The van der Waals surface area contributed by atoms with Crippen LogP contribution in [0.3, 0.4) is 0 Å². The molecule has 0 saturated carbocycles. The highest BCUT2D eigenvalue weighted by atomic mass is 16.4. The van der Waals surface area contributed by atoms with Crippen LogP contribution in [0.2, 0.25) is 0 Å². The molecule has 2 N–H and O–H groups in total. The van der Waals surface area contributed by atoms with Crippen molar-refractivity contribution >= 4 is 11.9 Å². The monoisotopic (exact) mass is 409 g/mol. The minimum Gasteiger partial charge on any atom is -0.480 e. The van der Waals surface area contributed by atoms with Gasteiger partial charge in [0.1, 0.15) is 6.04 Å². The molecule has 0 rings (SSSR count). The van der Waals surface area contributed by atoms with Crippen molar-refractivity contribution in [2.75, 3.05) is 0 Å². The van der Waals surface area contributed by atoms with Crippen LogP contribution in [0, 0.1) is 5.92 Å². The molecule has 0 aromatic heterocycles. The Hall–Kier alpha value is -1.32. The second kappa shape index (κ2) is 20.0. The van der Waals surface area contributed by atoms with Gasteiger partial charge in [0, 0.05) is 6.42 Å². The van der Waals surface area contributed by atoms with Gasteiger partial charge in [0.2, 0.25) is 5.91 Å². The zero-order valence-corrected chi connectivity index (χ0v) is 19.4. The summed E-state index contributed by atoms with van der Waals surface area (Å²) in [4.78, 5) is 22.9. The van der Waals surface area contributed by atoms with Crippen molar-refractivity contribution in [1.82, 2.24) is 5.32 Å². The van der Waals surface area contributed by atoms with Crippen molar-refractivity contribution in [3.8, 4) is 0 Å². The predicted octanol–water partition coefficient (Wildman–Crippen LogP) is 7.03. The lowest BCUT2D eigenvalue weighted by molar-refractivity contribution is -0.143. The van der Waals surface area contributed by atoms with E-state index in [0.717, 1.165) is 19.3 Å². The Morgan fingerprint density at radius 3 is 1.66 bits per heavy atom. The molecular weight excluding hydrogens is 362 g/mol. The summed E-state index contributed by atoms with van der Waals surface area (Å²) in [6, 6.07) is -0.776. The number of amides is 1. The summed E-state index contributed by atoms with van der Waals surface area (Å²) in [6.07, 6.45) is 23.9. The summed E-state index contributed by atoms with van der Waals surface area (Å²) < 4.78 is 0. The van der Waals surface area contributed by atoms with Crippen LogP contribution in [0.15, 0.2) is 12.2 Å². The van der Waals surface area contributed by atoms with Crippen molar-refractivity contribution in [3.63, 3.8) is 0 Å². The molecule has 0 aliphatic carbocycles. The number of aliphatic carboxylic acids is 1. The van der Waals surface area contributed by atoms with Gasteiger partial charge in [-0.3, -0.25) is 4.79 Å². The Labute approximate surface area is 179 Å². The number of unbranched alkanes of at least 4 members (excludes halogenated alkanes) is 13. The third-order valence-corrected chi connectivity index (χ3v) is 5.41. The zero-order valence-electron chi connectivity index (χ0n) is 19.4. The number of hydrogen-bond donors (Lipinski definition) is 2. The molecule has 1 atom stereocenters. The van der Waals surface area contributed by atoms with Crippen LogP contribution in [0.5, 0.6) is 0 Å². The van der Waals surface area contributed by atoms with Crippen LogP contribution in [-0.4, -0.2) is 23.0 Å². The molecule has 1 amide bonds. The van der Waals surface area contributed by atoms with Crippen LogP contribution in [0.4, 0.5) is 0 Å². The van der Waals surface area contributed by atoms with Gasteiger partial charge in [0.05, 0.1) is 0 Å². The van der Waals surface area contributed by atoms with Crippen molar-refractivity contribution in [2.45, 2.75) is 130 Å². The van der Waals surface area contributed by atoms with Crippen LogP contribution in [-0.2, 0) is 9.59 Å². The van der Waals surface area contributed by atoms with E-state index in [0.29, 0.717) is 6.42 Å². The third-order valence-electron chi connectivity index (χ3n) is 5.41. The SMILES string of the molecule is CCCCCCCC/C=C\CCCCCCCCCC(=O)N[C@H](C(=O)O)C(C)C. The van der Waals surface area contributed by atoms with Gasteiger partial charge in [0.15, 0.2) is 0 Å². The molecule has 0 radical (unpaired) electrons. The number of carboxylic acid groups (broad SMARTS) is 1. The van der Waals surface area contributed by atoms with Crippen molar-refractivity contribution < 1.29 is 14.7 Å². The molecule has 0 unspecified atom stereocenters. The van der Waals surface area contributed by atoms with E-state index < -0.39 is 12.0 Å². The summed E-state index contributed by atoms with van der Waals surface area (Å²) in [7, 11) is 0. The van der Waals surface area contributed by atoms with E-state index >= 15 is 0 Å². The number of nitrogens with one attached hydrogen (secondary N) is 1. The van der Waals surface area contributed by atoms with Gasteiger partial charge in [-0.25, -0.2) is 4.79 Å². The lowest BCUT2D eigenvalue weighted by Crippen LogP contribution is -2.44. The molecule has 0 aromatic rings. The molecule has 0 aliphatic heterocycles. The molecule has 4 nitrogen and oxygen atoms in total. The predicted molar refractivity (Wildman–Crippen MR) is 123 cm³/mol. The first kappa shape index (κ1) is 27.7. The molecular formula is C25H47NO3. The molecule has 0 aromatic carbocycles. The number of carboxylic acids is 1. The lowest BCUT2D eigenvalue weighted by Gasteiger charge is -2.17. The van der Waals surface area contributed by atoms with Gasteiger partial charge in [-0.05, 0) is 38.0 Å². The standard InChI is InChI=1S/C25H47NO3/c1-4-5-6-7-8-9-10-11-12-13-14-15-16-17-18-19-20-21-23(27)26-24(22(2)3)25(28)29/h11-12,22,24H,4-10,13-21H2,1-3H3,(H,26,27)(H,28,29)/b12-11-/t24-/m0/s1. The fraction of sp³-hybridized carbons (Fsp3) is 0.840. The Morgan fingerprint density at radius 1 is 0.759 bits per heavy atom. The maximum absolute atomic E-state index is 11.8. The summed E-state index contributed by atoms with van der Waals surface area (Å²) in [5.74, 6) is -1.19. The van der Waals surface area contributed by atoms with E-state index in [2.05, 4.69) is 24.4 Å². The highest BCUT2D eigenvalue weighted by Crippen LogP contribution is 2.11. The van der Waals surface area contributed by atoms with E-state index in [4.69, 9.17) is 5.11 Å². The topological polar surface area (TPSA) is 66.4 Å². The lowest BCUT2D eigenvalue weighted by atomic mass is 10.0. The number of allylic oxidation sites excluding steroid dienone is 2.